The van der Waals surface area contributed by atoms with Gasteiger partial charge in [0, 0.05) is 57.4 Å². The molecule has 14 aromatic rings. The molecule has 0 fully saturated rings. The van der Waals surface area contributed by atoms with E-state index >= 15 is 0 Å². The molecule has 2 aliphatic carbocycles. The van der Waals surface area contributed by atoms with Crippen LogP contribution < -0.4 is 4.90 Å². The fourth-order valence-corrected chi connectivity index (χ4v) is 15.5. The van der Waals surface area contributed by atoms with E-state index in [1.54, 1.807) is 0 Å². The number of fused-ring (bicyclic) bond motifs is 16. The number of hydrogen-bond donors (Lipinski definition) is 0. The maximum Gasteiger partial charge on any atom is 0.0725 e. The molecule has 12 aromatic carbocycles. The van der Waals surface area contributed by atoms with E-state index in [2.05, 4.69) is 278 Å². The topological polar surface area (TPSA) is 3.24 Å². The second-order valence-electron chi connectivity index (χ2n) is 20.2. The average molecular weight is 1000 g/mol. The van der Waals surface area contributed by atoms with E-state index in [1.165, 1.54) is 124 Å². The smallest absolute Gasteiger partial charge is 0.0725 e. The summed E-state index contributed by atoms with van der Waals surface area (Å²) in [4.78, 5) is 2.46. The Bertz CT molecular complexity index is 4430. The first-order chi connectivity index (χ1) is 37.7. The van der Waals surface area contributed by atoms with Crippen LogP contribution in [-0.4, -0.2) is 0 Å². The average Bonchev–Trinajstić information content (AvgIpc) is 4.28. The molecule has 2 aromatic heterocycles. The first-order valence-corrected chi connectivity index (χ1v) is 27.8. The second kappa shape index (κ2) is 17.0. The Morgan fingerprint density at radius 3 is 1.25 bits per heavy atom. The van der Waals surface area contributed by atoms with Gasteiger partial charge in [0.05, 0.1) is 5.41 Å². The highest BCUT2D eigenvalue weighted by Crippen LogP contribution is 2.64. The molecule has 16 rings (SSSR count). The van der Waals surface area contributed by atoms with Gasteiger partial charge in [0.15, 0.2) is 0 Å². The molecule has 1 spiro atoms. The Morgan fingerprint density at radius 1 is 0.250 bits per heavy atom. The van der Waals surface area contributed by atoms with Crippen LogP contribution in [0.3, 0.4) is 0 Å². The first kappa shape index (κ1) is 43.3. The molecule has 2 heterocycles. The monoisotopic (exact) mass is 999 g/mol. The van der Waals surface area contributed by atoms with Crippen LogP contribution in [0.25, 0.3) is 107 Å². The summed E-state index contributed by atoms with van der Waals surface area (Å²) in [7, 11) is 0. The zero-order valence-corrected chi connectivity index (χ0v) is 42.9. The highest BCUT2D eigenvalue weighted by molar-refractivity contribution is 7.26. The normalized spacial score (nSPS) is 12.8. The van der Waals surface area contributed by atoms with Crippen LogP contribution in [0.2, 0.25) is 0 Å². The molecule has 76 heavy (non-hydrogen) atoms. The minimum Gasteiger partial charge on any atom is -0.310 e. The van der Waals surface area contributed by atoms with Crippen LogP contribution in [0.4, 0.5) is 17.1 Å². The van der Waals surface area contributed by atoms with E-state index in [9.17, 15) is 0 Å². The lowest BCUT2D eigenvalue weighted by Gasteiger charge is -2.30. The van der Waals surface area contributed by atoms with Gasteiger partial charge < -0.3 is 4.90 Å². The lowest BCUT2D eigenvalue weighted by molar-refractivity contribution is 0.794. The summed E-state index contributed by atoms with van der Waals surface area (Å²) in [6.45, 7) is 0. The van der Waals surface area contributed by atoms with Crippen molar-refractivity contribution in [2.75, 3.05) is 4.90 Å². The van der Waals surface area contributed by atoms with Crippen LogP contribution in [-0.2, 0) is 5.41 Å². The van der Waals surface area contributed by atoms with Gasteiger partial charge >= 0.3 is 0 Å². The minimum atomic E-state index is -0.440. The molecular formula is C73H45NS2. The number of rotatable bonds is 7. The van der Waals surface area contributed by atoms with Crippen LogP contribution >= 0.6 is 22.7 Å². The van der Waals surface area contributed by atoms with E-state index < -0.39 is 5.41 Å². The van der Waals surface area contributed by atoms with Gasteiger partial charge in [0.1, 0.15) is 0 Å². The summed E-state index contributed by atoms with van der Waals surface area (Å²) in [6.07, 6.45) is 0. The van der Waals surface area contributed by atoms with Gasteiger partial charge in [-0.3, -0.25) is 0 Å². The summed E-state index contributed by atoms with van der Waals surface area (Å²) in [5, 5.41) is 5.24. The predicted molar refractivity (Wildman–Crippen MR) is 325 cm³/mol. The van der Waals surface area contributed by atoms with Crippen molar-refractivity contribution in [1.82, 2.24) is 0 Å². The fourth-order valence-electron chi connectivity index (χ4n) is 13.1. The van der Waals surface area contributed by atoms with Gasteiger partial charge in [0.25, 0.3) is 0 Å². The van der Waals surface area contributed by atoms with E-state index in [0.717, 1.165) is 22.6 Å². The SMILES string of the molecule is c1ccc(-c2cc(-c3cccc4c3-c3ccccc3C43c4ccccc4-c4ccccc43)cc(N(c3ccc(-c4cccc5c4sc4ccccc45)cc3)c3ccc(-c4cccc5c4sc4ccccc45)cc3)c2)cc1. The molecule has 0 unspecified atom stereocenters. The van der Waals surface area contributed by atoms with Gasteiger partial charge in [-0.15, -0.1) is 22.7 Å². The molecule has 1 nitrogen and oxygen atoms in total. The highest BCUT2D eigenvalue weighted by Gasteiger charge is 2.52. The van der Waals surface area contributed by atoms with Crippen molar-refractivity contribution < 1.29 is 0 Å². The van der Waals surface area contributed by atoms with Crippen molar-refractivity contribution in [3.63, 3.8) is 0 Å². The maximum absolute atomic E-state index is 2.46. The van der Waals surface area contributed by atoms with Crippen molar-refractivity contribution in [2.24, 2.45) is 0 Å². The van der Waals surface area contributed by atoms with Crippen LogP contribution in [0.15, 0.2) is 273 Å². The standard InChI is InChI=1S/C73H45NS2/c1-2-17-46(18-3-1)49-43-50(54-24-16-32-67-70(54)63-23-6-11-31-66(63)73(67)64-29-9-4-19-57(64)58-20-5-10-30-65(58)73)45-53(44-49)74(51-39-35-47(36-40-51)55-25-14-27-61-59-21-7-12-33-68(59)75-71(55)61)52-41-37-48(38-42-52)56-26-15-28-62-60-22-8-13-34-69(60)76-72(56)62/h1-45H. The lowest BCUT2D eigenvalue weighted by Crippen LogP contribution is -2.25. The highest BCUT2D eigenvalue weighted by atomic mass is 32.1. The Labute approximate surface area is 449 Å². The van der Waals surface area contributed by atoms with Crippen LogP contribution in [0.5, 0.6) is 0 Å². The lowest BCUT2D eigenvalue weighted by atomic mass is 9.70. The zero-order valence-electron chi connectivity index (χ0n) is 41.2. The Hall–Kier alpha value is -9.12. The third-order valence-electron chi connectivity index (χ3n) is 16.3. The zero-order chi connectivity index (χ0) is 49.9. The molecule has 0 aliphatic heterocycles. The van der Waals surface area contributed by atoms with E-state index in [-0.39, 0.29) is 0 Å². The third-order valence-corrected chi connectivity index (χ3v) is 18.7. The van der Waals surface area contributed by atoms with Crippen molar-refractivity contribution >= 4 is 80.1 Å². The summed E-state index contributed by atoms with van der Waals surface area (Å²) in [6, 6.07) is 102. The fraction of sp³-hybridized carbons (Fsp3) is 0.0137. The van der Waals surface area contributed by atoms with Crippen LogP contribution in [0, 0.1) is 0 Å². The van der Waals surface area contributed by atoms with Crippen molar-refractivity contribution in [2.45, 2.75) is 5.41 Å². The van der Waals surface area contributed by atoms with Gasteiger partial charge in [-0.05, 0) is 144 Å². The summed E-state index contributed by atoms with van der Waals surface area (Å²) >= 11 is 3.76. The Morgan fingerprint density at radius 2 is 0.671 bits per heavy atom. The van der Waals surface area contributed by atoms with Crippen LogP contribution in [0.1, 0.15) is 22.3 Å². The van der Waals surface area contributed by atoms with Gasteiger partial charge in [-0.1, -0.05) is 218 Å². The Kier molecular flexibility index (Phi) is 9.66. The van der Waals surface area contributed by atoms with Crippen molar-refractivity contribution in [1.29, 1.82) is 0 Å². The molecule has 0 N–H and O–H groups in total. The quantitative estimate of drug-likeness (QED) is 0.154. The molecule has 0 bridgehead atoms. The van der Waals surface area contributed by atoms with E-state index in [0.29, 0.717) is 0 Å². The minimum absolute atomic E-state index is 0.440. The molecule has 3 heteroatoms. The van der Waals surface area contributed by atoms with Crippen molar-refractivity contribution in [3.8, 4) is 66.8 Å². The Balaban J connectivity index is 0.904. The largest absolute Gasteiger partial charge is 0.310 e. The number of anilines is 3. The maximum atomic E-state index is 2.46. The van der Waals surface area contributed by atoms with Gasteiger partial charge in [-0.25, -0.2) is 0 Å². The summed E-state index contributed by atoms with van der Waals surface area (Å²) in [5.41, 5.74) is 23.1. The first-order valence-electron chi connectivity index (χ1n) is 26.1. The summed E-state index contributed by atoms with van der Waals surface area (Å²) < 4.78 is 5.27. The molecule has 0 atom stereocenters. The summed E-state index contributed by atoms with van der Waals surface area (Å²) in [5.74, 6) is 0. The molecule has 0 radical (unpaired) electrons. The third kappa shape index (κ3) is 6.37. The molecule has 2 aliphatic rings. The molecule has 0 amide bonds. The van der Waals surface area contributed by atoms with E-state index in [4.69, 9.17) is 0 Å². The number of benzene rings is 12. The van der Waals surface area contributed by atoms with Crippen molar-refractivity contribution in [3.05, 3.63) is 295 Å². The van der Waals surface area contributed by atoms with Gasteiger partial charge in [0.2, 0.25) is 0 Å². The van der Waals surface area contributed by atoms with Gasteiger partial charge in [-0.2, -0.15) is 0 Å². The molecule has 0 saturated heterocycles. The number of nitrogens with zero attached hydrogens (tertiary/aromatic N) is 1. The second-order valence-corrected chi connectivity index (χ2v) is 22.3. The molecule has 0 saturated carbocycles. The molecule has 354 valence electrons. The number of hydrogen-bond acceptors (Lipinski definition) is 3. The number of thiophene rings is 2. The predicted octanol–water partition coefficient (Wildman–Crippen LogP) is 20.9. The molecular weight excluding hydrogens is 955 g/mol. The van der Waals surface area contributed by atoms with E-state index in [1.807, 2.05) is 22.7 Å².